The minimum atomic E-state index is -1.98. The number of pyridine rings is 3. The van der Waals surface area contributed by atoms with Crippen LogP contribution in [-0.2, 0) is 17.1 Å². The third-order valence-corrected chi connectivity index (χ3v) is 11.2. The van der Waals surface area contributed by atoms with Gasteiger partial charge >= 0.3 is 0 Å². The molecule has 0 radical (unpaired) electrons. The second-order valence-corrected chi connectivity index (χ2v) is 15.4. The molecule has 3 rings (SSSR count). The molecule has 0 aliphatic carbocycles. The summed E-state index contributed by atoms with van der Waals surface area (Å²) in [6, 6.07) is 5.60. The van der Waals surface area contributed by atoms with Gasteiger partial charge in [-0.1, -0.05) is 32.4 Å². The lowest BCUT2D eigenvalue weighted by Gasteiger charge is -2.42. The Morgan fingerprint density at radius 2 is 1.65 bits per heavy atom. The first-order chi connectivity index (χ1) is 14.1. The number of hydrogen-bond acceptors (Lipinski definition) is 4. The summed E-state index contributed by atoms with van der Waals surface area (Å²) in [5, 5.41) is 1.32. The Bertz CT molecular complexity index is 1210. The lowest BCUT2D eigenvalue weighted by atomic mass is 9.98. The second kappa shape index (κ2) is 7.83. The summed E-state index contributed by atoms with van der Waals surface area (Å²) in [4.78, 5) is 22.0. The van der Waals surface area contributed by atoms with Crippen LogP contribution in [0.5, 0.6) is 0 Å². The zero-order chi connectivity index (χ0) is 23.4. The first kappa shape index (κ1) is 23.6. The van der Waals surface area contributed by atoms with Gasteiger partial charge in [0.25, 0.3) is 5.56 Å². The van der Waals surface area contributed by atoms with E-state index in [-0.39, 0.29) is 10.6 Å². The van der Waals surface area contributed by atoms with Crippen LogP contribution in [0.15, 0.2) is 35.4 Å². The number of halogens is 1. The van der Waals surface area contributed by atoms with Crippen molar-refractivity contribution in [3.63, 3.8) is 0 Å². The summed E-state index contributed by atoms with van der Waals surface area (Å²) in [6.45, 7) is 17.3. The zero-order valence-corrected chi connectivity index (χ0v) is 21.7. The topological polar surface area (TPSA) is 57.0 Å². The Morgan fingerprint density at radius 3 is 2.23 bits per heavy atom. The molecule has 0 atom stereocenters. The van der Waals surface area contributed by atoms with Crippen LogP contribution in [0.1, 0.15) is 45.9 Å². The first-order valence-electron chi connectivity index (χ1n) is 10.5. The molecule has 0 N–H and O–H groups in total. The van der Waals surface area contributed by atoms with Crippen molar-refractivity contribution in [3.8, 4) is 11.1 Å². The molecule has 0 aliphatic rings. The molecule has 0 aliphatic heterocycles. The summed E-state index contributed by atoms with van der Waals surface area (Å²) in [5.41, 5.74) is 3.38. The van der Waals surface area contributed by atoms with E-state index in [2.05, 4.69) is 52.7 Å². The van der Waals surface area contributed by atoms with Gasteiger partial charge in [-0.2, -0.15) is 0 Å². The number of nitrogens with zero attached hydrogens (tertiary/aromatic N) is 3. The maximum atomic E-state index is 13.1. The average molecular weight is 458 g/mol. The molecule has 7 heteroatoms. The Labute approximate surface area is 190 Å². The fourth-order valence-corrected chi connectivity index (χ4v) is 5.38. The Balaban J connectivity index is 2.07. The minimum Gasteiger partial charge on any atom is -0.406 e. The molecule has 31 heavy (non-hydrogen) atoms. The van der Waals surface area contributed by atoms with Crippen molar-refractivity contribution in [2.24, 2.45) is 7.05 Å². The van der Waals surface area contributed by atoms with Gasteiger partial charge in [0.05, 0.1) is 16.8 Å². The van der Waals surface area contributed by atoms with Crippen LogP contribution >= 0.6 is 11.6 Å². The smallest absolute Gasteiger partial charge is 0.258 e. The van der Waals surface area contributed by atoms with Gasteiger partial charge in [-0.25, -0.2) is 4.98 Å². The van der Waals surface area contributed by atoms with Crippen molar-refractivity contribution in [1.82, 2.24) is 14.5 Å². The summed E-state index contributed by atoms with van der Waals surface area (Å²) in [6.07, 6.45) is 3.47. The van der Waals surface area contributed by atoms with Crippen LogP contribution in [0.4, 0.5) is 0 Å². The van der Waals surface area contributed by atoms with E-state index in [9.17, 15) is 4.79 Å². The normalized spacial score (nSPS) is 13.1. The molecule has 0 unspecified atom stereocenters. The predicted octanol–water partition coefficient (Wildman–Crippen LogP) is 6.21. The van der Waals surface area contributed by atoms with E-state index in [1.165, 1.54) is 0 Å². The van der Waals surface area contributed by atoms with Crippen molar-refractivity contribution in [2.75, 3.05) is 0 Å². The van der Waals surface area contributed by atoms with Gasteiger partial charge in [0.15, 0.2) is 8.32 Å². The maximum absolute atomic E-state index is 13.1. The SMILES string of the molecule is Cc1cc(C(C)(C)O[Si](C)(C)C(C)(C)C)ncc1-c1cc2cnc(Cl)cc2n(C)c1=O. The van der Waals surface area contributed by atoms with Crippen LogP contribution in [0.2, 0.25) is 23.3 Å². The van der Waals surface area contributed by atoms with Gasteiger partial charge in [-0.05, 0) is 62.7 Å². The molecule has 0 fully saturated rings. The third-order valence-electron chi connectivity index (χ3n) is 6.41. The van der Waals surface area contributed by atoms with E-state index in [0.29, 0.717) is 10.7 Å². The van der Waals surface area contributed by atoms with Crippen LogP contribution in [0, 0.1) is 6.92 Å². The number of fused-ring (bicyclic) bond motifs is 1. The van der Waals surface area contributed by atoms with Gasteiger partial charge in [-0.15, -0.1) is 0 Å². The lowest BCUT2D eigenvalue weighted by Crippen LogP contribution is -2.46. The van der Waals surface area contributed by atoms with Gasteiger partial charge in [-0.3, -0.25) is 9.78 Å². The number of aromatic nitrogens is 3. The third kappa shape index (κ3) is 4.47. The molecule has 0 spiro atoms. The summed E-state index contributed by atoms with van der Waals surface area (Å²) in [7, 11) is -0.233. The number of aryl methyl sites for hydroxylation is 2. The highest BCUT2D eigenvalue weighted by atomic mass is 35.5. The summed E-state index contributed by atoms with van der Waals surface area (Å²) in [5.74, 6) is 0. The van der Waals surface area contributed by atoms with Crippen molar-refractivity contribution in [3.05, 3.63) is 57.4 Å². The predicted molar refractivity (Wildman–Crippen MR) is 131 cm³/mol. The molecular formula is C24H32ClN3O2Si. The fraction of sp³-hybridized carbons (Fsp3) is 0.458. The van der Waals surface area contributed by atoms with Crippen LogP contribution in [0.3, 0.4) is 0 Å². The minimum absolute atomic E-state index is 0.0933. The molecule has 0 bridgehead atoms. The van der Waals surface area contributed by atoms with Crippen molar-refractivity contribution in [2.45, 2.75) is 65.3 Å². The molecule has 3 aromatic rings. The van der Waals surface area contributed by atoms with Crippen LogP contribution in [-0.4, -0.2) is 22.9 Å². The molecule has 0 saturated heterocycles. The Morgan fingerprint density at radius 1 is 1.00 bits per heavy atom. The van der Waals surface area contributed by atoms with E-state index in [1.54, 1.807) is 30.1 Å². The van der Waals surface area contributed by atoms with Gasteiger partial charge in [0.2, 0.25) is 0 Å². The quantitative estimate of drug-likeness (QED) is 0.345. The van der Waals surface area contributed by atoms with E-state index in [0.717, 1.165) is 27.7 Å². The van der Waals surface area contributed by atoms with Crippen molar-refractivity contribution in [1.29, 1.82) is 0 Å². The molecule has 166 valence electrons. The van der Waals surface area contributed by atoms with Gasteiger partial charge in [0, 0.05) is 36.0 Å². The fourth-order valence-electron chi connectivity index (χ4n) is 3.54. The number of hydrogen-bond donors (Lipinski definition) is 0. The highest BCUT2D eigenvalue weighted by Crippen LogP contribution is 2.41. The van der Waals surface area contributed by atoms with Gasteiger partial charge in [0.1, 0.15) is 5.15 Å². The Kier molecular flexibility index (Phi) is 5.97. The zero-order valence-electron chi connectivity index (χ0n) is 19.9. The lowest BCUT2D eigenvalue weighted by molar-refractivity contribution is 0.0855. The molecule has 3 heterocycles. The van der Waals surface area contributed by atoms with Gasteiger partial charge < -0.3 is 8.99 Å². The van der Waals surface area contributed by atoms with E-state index in [4.69, 9.17) is 21.0 Å². The molecule has 5 nitrogen and oxygen atoms in total. The largest absolute Gasteiger partial charge is 0.406 e. The van der Waals surface area contributed by atoms with Crippen molar-refractivity contribution >= 4 is 30.8 Å². The Hall–Kier alpha value is -2.02. The molecule has 0 amide bonds. The standard InChI is InChI=1S/C24H32ClN3O2Si/c1-15-10-20(24(5,6)30-31(8,9)23(2,3)4)26-14-18(15)17-11-16-13-27-21(25)12-19(16)28(7)22(17)29/h10-14H,1-9H3. The van der Waals surface area contributed by atoms with E-state index < -0.39 is 13.9 Å². The monoisotopic (exact) mass is 457 g/mol. The molecular weight excluding hydrogens is 426 g/mol. The first-order valence-corrected chi connectivity index (χ1v) is 13.8. The molecule has 0 aromatic carbocycles. The number of rotatable bonds is 4. The molecule has 0 saturated carbocycles. The van der Waals surface area contributed by atoms with Crippen molar-refractivity contribution < 1.29 is 4.43 Å². The average Bonchev–Trinajstić information content (AvgIpc) is 2.63. The van der Waals surface area contributed by atoms with Crippen LogP contribution in [0.25, 0.3) is 22.0 Å². The highest BCUT2D eigenvalue weighted by Gasteiger charge is 2.42. The summed E-state index contributed by atoms with van der Waals surface area (Å²) >= 11 is 6.01. The van der Waals surface area contributed by atoms with E-state index in [1.807, 2.05) is 19.1 Å². The molecule has 3 aromatic heterocycles. The van der Waals surface area contributed by atoms with Crippen LogP contribution < -0.4 is 5.56 Å². The maximum Gasteiger partial charge on any atom is 0.258 e. The highest BCUT2D eigenvalue weighted by molar-refractivity contribution is 6.74. The summed E-state index contributed by atoms with van der Waals surface area (Å²) < 4.78 is 8.29. The second-order valence-electron chi connectivity index (χ2n) is 10.2. The van der Waals surface area contributed by atoms with E-state index >= 15 is 0 Å².